The summed E-state index contributed by atoms with van der Waals surface area (Å²) in [5.41, 5.74) is 13.5. The number of phenolic OH excluding ortho intramolecular Hbond substituents is 2. The van der Waals surface area contributed by atoms with E-state index in [1.165, 1.54) is 17.0 Å². The molecule has 1 rings (SSSR count). The van der Waals surface area contributed by atoms with Gasteiger partial charge in [0.15, 0.2) is 11.5 Å². The Balaban J connectivity index is -0.0000000869. The third-order valence-electron chi connectivity index (χ3n) is 0.882. The van der Waals surface area contributed by atoms with E-state index < -0.39 is 10.4 Å². The van der Waals surface area contributed by atoms with Crippen molar-refractivity contribution in [3.05, 3.63) is 40.2 Å². The molecule has 1 aromatic rings. The quantitative estimate of drug-likeness (QED) is 0.101. The van der Waals surface area contributed by atoms with Gasteiger partial charge in [0.05, 0.1) is 0 Å². The number of hydrogen-bond acceptors (Lipinski definition) is 6. The summed E-state index contributed by atoms with van der Waals surface area (Å²) < 4.78 is 34.1. The summed E-state index contributed by atoms with van der Waals surface area (Å²) in [6, 6.07) is 6.15. The Kier molecular flexibility index (Phi) is 21.4. The average Bonchev–Trinajstić information content (AvgIpc) is 2.08. The van der Waals surface area contributed by atoms with Gasteiger partial charge in [0.25, 0.3) is 0 Å². The van der Waals surface area contributed by atoms with Gasteiger partial charge in [-0.2, -0.15) is 0 Å². The van der Waals surface area contributed by atoms with Crippen molar-refractivity contribution in [1.82, 2.24) is 0 Å². The summed E-state index contributed by atoms with van der Waals surface area (Å²) in [5.74, 6) is -0.153. The van der Waals surface area contributed by atoms with Crippen molar-refractivity contribution in [1.29, 1.82) is 0 Å². The number of hydrogen-bond donors (Lipinski definition) is 2. The molecule has 90 valence electrons. The molecule has 0 bridgehead atoms. The molecule has 0 fully saturated rings. The first-order valence-electron chi connectivity index (χ1n) is 3.34. The van der Waals surface area contributed by atoms with E-state index in [9.17, 15) is 0 Å². The zero-order valence-corrected chi connectivity index (χ0v) is 15.1. The first kappa shape index (κ1) is 26.2. The van der Waals surface area contributed by atoms with Crippen LogP contribution < -0.4 is 29.6 Å². The second-order valence-electron chi connectivity index (χ2n) is 1.99. The van der Waals surface area contributed by atoms with Crippen LogP contribution in [0.1, 0.15) is 0 Å². The topological polar surface area (TPSA) is 179 Å². The number of aromatic hydroxyl groups is 2. The summed E-state index contributed by atoms with van der Waals surface area (Å²) in [4.78, 5) is 1.50. The molecule has 18 heavy (non-hydrogen) atoms. The van der Waals surface area contributed by atoms with Gasteiger partial charge < -0.3 is 30.4 Å². The summed E-state index contributed by atoms with van der Waals surface area (Å²) in [5, 5.41) is 17.3. The predicted molar refractivity (Wildman–Crippen MR) is 50.3 cm³/mol. The van der Waals surface area contributed by atoms with Crippen molar-refractivity contribution in [3.63, 3.8) is 0 Å². The van der Waals surface area contributed by atoms with Gasteiger partial charge in [-0.15, -0.1) is 0 Å². The van der Waals surface area contributed by atoms with E-state index in [1.54, 1.807) is 12.1 Å². The molecule has 0 atom stereocenters. The molecule has 0 aromatic heterocycles. The van der Waals surface area contributed by atoms with Crippen molar-refractivity contribution in [3.8, 4) is 11.5 Å². The van der Waals surface area contributed by atoms with Crippen LogP contribution in [0.15, 0.2) is 24.3 Å². The van der Waals surface area contributed by atoms with Crippen molar-refractivity contribution in [2.45, 2.75) is 0 Å². The monoisotopic (exact) mass is 335 g/mol. The molecule has 0 radical (unpaired) electrons. The molecule has 0 aliphatic carbocycles. The summed E-state index contributed by atoms with van der Waals surface area (Å²) >= 11 is 0. The Morgan fingerprint density at radius 3 is 1.33 bits per heavy atom. The molecular weight excluding hydrogens is 331 g/mol. The van der Waals surface area contributed by atoms with Crippen molar-refractivity contribution < 1.29 is 76.8 Å². The third kappa shape index (κ3) is 29.6. The fraction of sp³-hybridized carbons (Fsp3) is 0. The molecule has 0 aliphatic rings. The summed E-state index contributed by atoms with van der Waals surface area (Å²) in [7, 11) is -5.17. The molecular formula is C6H6N3NaO6SZn. The maximum Gasteiger partial charge on any atom is 2.00 e. The smallest absolute Gasteiger partial charge is 0.759 e. The zero-order chi connectivity index (χ0) is 13.2. The van der Waals surface area contributed by atoms with Crippen LogP contribution in [-0.4, -0.2) is 27.7 Å². The molecule has 9 nitrogen and oxygen atoms in total. The molecule has 0 amide bonds. The van der Waals surface area contributed by atoms with Gasteiger partial charge in [0.2, 0.25) is 0 Å². The van der Waals surface area contributed by atoms with Crippen LogP contribution in [0.5, 0.6) is 11.5 Å². The molecule has 0 saturated carbocycles. The molecule has 12 heteroatoms. The first-order chi connectivity index (χ1) is 7.22. The molecule has 0 unspecified atom stereocenters. The zero-order valence-electron chi connectivity index (χ0n) is 9.29. The fourth-order valence-electron chi connectivity index (χ4n) is 0.464. The van der Waals surface area contributed by atoms with Gasteiger partial charge >= 0.3 is 49.0 Å². The number of phenols is 2. The summed E-state index contributed by atoms with van der Waals surface area (Å²) in [6.07, 6.45) is 0. The minimum Gasteiger partial charge on any atom is -0.759 e. The van der Waals surface area contributed by atoms with Crippen LogP contribution in [0, 0.1) is 0 Å². The minimum absolute atomic E-state index is 0. The standard InChI is InChI=1S/C6H6O2.N3.Na.H2O4S.Zn/c7-5-3-1-2-4-6(5)8;1-3-2;;1-5(2,3)4;/h1-4,7-8H;;;(H2,1,2,3,4);/q;-1;+1;;+2/p-2. The second kappa shape index (κ2) is 14.7. The Morgan fingerprint density at radius 1 is 1.06 bits per heavy atom. The van der Waals surface area contributed by atoms with Gasteiger partial charge in [-0.3, -0.25) is 13.3 Å². The van der Waals surface area contributed by atoms with Crippen LogP contribution in [-0.2, 0) is 29.9 Å². The largest absolute Gasteiger partial charge is 2.00 e. The Hall–Kier alpha value is -0.377. The molecule has 0 heterocycles. The Labute approximate surface area is 138 Å². The third-order valence-corrected chi connectivity index (χ3v) is 0.882. The van der Waals surface area contributed by atoms with Crippen LogP contribution in [0.3, 0.4) is 0 Å². The van der Waals surface area contributed by atoms with Crippen LogP contribution >= 0.6 is 0 Å². The average molecular weight is 337 g/mol. The van der Waals surface area contributed by atoms with Crippen LogP contribution in [0.2, 0.25) is 0 Å². The number of rotatable bonds is 0. The van der Waals surface area contributed by atoms with Gasteiger partial charge in [-0.1, -0.05) is 12.1 Å². The Morgan fingerprint density at radius 2 is 1.22 bits per heavy atom. The van der Waals surface area contributed by atoms with E-state index in [4.69, 9.17) is 38.8 Å². The van der Waals surface area contributed by atoms with Gasteiger partial charge in [0, 0.05) is 10.4 Å². The normalized spacial score (nSPS) is 7.67. The van der Waals surface area contributed by atoms with Crippen molar-refractivity contribution >= 4 is 10.4 Å². The maximum absolute atomic E-state index is 8.67. The molecule has 0 aliphatic heterocycles. The van der Waals surface area contributed by atoms with E-state index >= 15 is 0 Å². The summed E-state index contributed by atoms with van der Waals surface area (Å²) in [6.45, 7) is 0. The Bertz CT molecular complexity index is 421. The van der Waals surface area contributed by atoms with Crippen molar-refractivity contribution in [2.24, 2.45) is 0 Å². The maximum atomic E-state index is 8.67. The second-order valence-corrected chi connectivity index (χ2v) is 2.80. The van der Waals surface area contributed by atoms with E-state index in [-0.39, 0.29) is 60.5 Å². The molecule has 0 spiro atoms. The molecule has 2 N–H and O–H groups in total. The predicted octanol–water partition coefficient (Wildman–Crippen LogP) is -2.37. The minimum atomic E-state index is -5.17. The molecule has 1 aromatic carbocycles. The van der Waals surface area contributed by atoms with E-state index in [0.717, 1.165) is 0 Å². The van der Waals surface area contributed by atoms with Crippen LogP contribution in [0.4, 0.5) is 0 Å². The van der Waals surface area contributed by atoms with Crippen molar-refractivity contribution in [2.75, 3.05) is 0 Å². The number of para-hydroxylation sites is 2. The molecule has 0 saturated heterocycles. The fourth-order valence-corrected chi connectivity index (χ4v) is 0.464. The van der Waals surface area contributed by atoms with E-state index in [0.29, 0.717) is 0 Å². The van der Waals surface area contributed by atoms with Gasteiger partial charge in [0.1, 0.15) is 0 Å². The number of benzene rings is 1. The van der Waals surface area contributed by atoms with Gasteiger partial charge in [-0.25, -0.2) is 0 Å². The van der Waals surface area contributed by atoms with E-state index in [1.807, 2.05) is 0 Å². The SMILES string of the molecule is O=S(=O)([O-])[O-].Oc1ccccc1O.[N-]=[N+]=[N-].[Na+].[Zn+2]. The van der Waals surface area contributed by atoms with Crippen LogP contribution in [0.25, 0.3) is 16.0 Å². The number of nitrogens with zero attached hydrogens (tertiary/aromatic N) is 3. The first-order valence-corrected chi connectivity index (χ1v) is 4.67. The van der Waals surface area contributed by atoms with Gasteiger partial charge in [-0.05, 0) is 12.1 Å². The van der Waals surface area contributed by atoms with E-state index in [2.05, 4.69) is 0 Å².